The third-order valence-corrected chi connectivity index (χ3v) is 5.96. The molecule has 7 heteroatoms. The SMILES string of the molecule is Cc1ccc(CC(=O)N2CCCCC2c2ncc(C(=O)Nc3ccccc3F)c(C)n2)cc1. The average Bonchev–Trinajstić information content (AvgIpc) is 2.82. The van der Waals surface area contributed by atoms with Crippen molar-refractivity contribution in [1.82, 2.24) is 14.9 Å². The second kappa shape index (κ2) is 9.90. The Morgan fingerprint density at radius 1 is 1.09 bits per heavy atom. The van der Waals surface area contributed by atoms with Gasteiger partial charge in [0, 0.05) is 12.7 Å². The molecule has 0 radical (unpaired) electrons. The molecule has 1 aliphatic heterocycles. The average molecular weight is 447 g/mol. The van der Waals surface area contributed by atoms with Crippen LogP contribution in [-0.2, 0) is 11.2 Å². The number of hydrogen-bond donors (Lipinski definition) is 1. The number of hydrogen-bond acceptors (Lipinski definition) is 4. The van der Waals surface area contributed by atoms with E-state index in [-0.39, 0.29) is 23.2 Å². The van der Waals surface area contributed by atoms with E-state index in [9.17, 15) is 14.0 Å². The molecule has 0 saturated carbocycles. The van der Waals surface area contributed by atoms with Crippen molar-refractivity contribution in [2.45, 2.75) is 45.6 Å². The number of anilines is 1. The Labute approximate surface area is 192 Å². The van der Waals surface area contributed by atoms with Gasteiger partial charge in [-0.3, -0.25) is 9.59 Å². The van der Waals surface area contributed by atoms with Crippen LogP contribution < -0.4 is 5.32 Å². The highest BCUT2D eigenvalue weighted by Gasteiger charge is 2.30. The van der Waals surface area contributed by atoms with Gasteiger partial charge in [0.1, 0.15) is 5.82 Å². The molecule has 0 aliphatic carbocycles. The number of halogens is 1. The van der Waals surface area contributed by atoms with E-state index in [1.165, 1.54) is 18.3 Å². The summed E-state index contributed by atoms with van der Waals surface area (Å²) >= 11 is 0. The van der Waals surface area contributed by atoms with E-state index < -0.39 is 11.7 Å². The summed E-state index contributed by atoms with van der Waals surface area (Å²) < 4.78 is 13.9. The van der Waals surface area contributed by atoms with Crippen LogP contribution >= 0.6 is 0 Å². The minimum absolute atomic E-state index is 0.0474. The van der Waals surface area contributed by atoms with Gasteiger partial charge in [-0.15, -0.1) is 0 Å². The number of nitrogens with one attached hydrogen (secondary N) is 1. The zero-order chi connectivity index (χ0) is 23.4. The molecule has 6 nitrogen and oxygen atoms in total. The Balaban J connectivity index is 1.51. The Morgan fingerprint density at radius 2 is 1.85 bits per heavy atom. The van der Waals surface area contributed by atoms with Gasteiger partial charge >= 0.3 is 0 Å². The molecule has 0 spiro atoms. The Bertz CT molecular complexity index is 1160. The lowest BCUT2D eigenvalue weighted by Gasteiger charge is -2.35. The number of piperidine rings is 1. The third-order valence-electron chi connectivity index (χ3n) is 5.96. The van der Waals surface area contributed by atoms with Gasteiger partial charge in [-0.25, -0.2) is 14.4 Å². The lowest BCUT2D eigenvalue weighted by molar-refractivity contribution is -0.134. The highest BCUT2D eigenvalue weighted by Crippen LogP contribution is 2.30. The predicted molar refractivity (Wildman–Crippen MR) is 124 cm³/mol. The number of carbonyl (C=O) groups is 2. The molecule has 2 aromatic carbocycles. The molecule has 1 saturated heterocycles. The minimum Gasteiger partial charge on any atom is -0.332 e. The van der Waals surface area contributed by atoms with Crippen molar-refractivity contribution in [2.75, 3.05) is 11.9 Å². The molecule has 0 bridgehead atoms. The van der Waals surface area contributed by atoms with E-state index in [0.29, 0.717) is 24.5 Å². The van der Waals surface area contributed by atoms with Gasteiger partial charge in [0.25, 0.3) is 5.91 Å². The Kier molecular flexibility index (Phi) is 6.77. The van der Waals surface area contributed by atoms with E-state index in [0.717, 1.165) is 30.4 Å². The summed E-state index contributed by atoms with van der Waals surface area (Å²) in [4.78, 5) is 36.6. The van der Waals surface area contributed by atoms with Crippen molar-refractivity contribution in [3.05, 3.63) is 88.8 Å². The zero-order valence-corrected chi connectivity index (χ0v) is 18.8. The van der Waals surface area contributed by atoms with Crippen LogP contribution in [0.25, 0.3) is 0 Å². The molecule has 170 valence electrons. The van der Waals surface area contributed by atoms with Crippen LogP contribution in [0.15, 0.2) is 54.7 Å². The molecule has 3 aromatic rings. The molecule has 4 rings (SSSR count). The summed E-state index contributed by atoms with van der Waals surface area (Å²) in [6.45, 7) is 4.40. The molecular formula is C26H27FN4O2. The van der Waals surface area contributed by atoms with Crippen LogP contribution in [0, 0.1) is 19.7 Å². The molecule has 1 aliphatic rings. The maximum absolute atomic E-state index is 13.9. The first-order valence-corrected chi connectivity index (χ1v) is 11.2. The van der Waals surface area contributed by atoms with Crippen molar-refractivity contribution in [2.24, 2.45) is 0 Å². The van der Waals surface area contributed by atoms with Gasteiger partial charge in [0.15, 0.2) is 5.82 Å². The van der Waals surface area contributed by atoms with Crippen molar-refractivity contribution in [1.29, 1.82) is 0 Å². The van der Waals surface area contributed by atoms with Crippen molar-refractivity contribution < 1.29 is 14.0 Å². The highest BCUT2D eigenvalue weighted by atomic mass is 19.1. The number of nitrogens with zero attached hydrogens (tertiary/aromatic N) is 3. The quantitative estimate of drug-likeness (QED) is 0.612. The summed E-state index contributed by atoms with van der Waals surface area (Å²) in [6.07, 6.45) is 4.50. The summed E-state index contributed by atoms with van der Waals surface area (Å²) in [5.74, 6) is -0.399. The van der Waals surface area contributed by atoms with Crippen LogP contribution in [-0.4, -0.2) is 33.2 Å². The van der Waals surface area contributed by atoms with Crippen LogP contribution in [0.1, 0.15) is 58.3 Å². The first kappa shape index (κ1) is 22.6. The molecule has 1 fully saturated rings. The van der Waals surface area contributed by atoms with E-state index in [1.54, 1.807) is 19.1 Å². The van der Waals surface area contributed by atoms with E-state index in [1.807, 2.05) is 36.1 Å². The lowest BCUT2D eigenvalue weighted by atomic mass is 9.99. The maximum atomic E-state index is 13.9. The van der Waals surface area contributed by atoms with E-state index in [2.05, 4.69) is 15.3 Å². The zero-order valence-electron chi connectivity index (χ0n) is 18.8. The van der Waals surface area contributed by atoms with Gasteiger partial charge in [-0.2, -0.15) is 0 Å². The molecule has 33 heavy (non-hydrogen) atoms. The van der Waals surface area contributed by atoms with E-state index in [4.69, 9.17) is 0 Å². The Morgan fingerprint density at radius 3 is 2.58 bits per heavy atom. The summed E-state index contributed by atoms with van der Waals surface area (Å²) in [5.41, 5.74) is 3.00. The molecular weight excluding hydrogens is 419 g/mol. The molecule has 1 atom stereocenters. The van der Waals surface area contributed by atoms with Crippen LogP contribution in [0.5, 0.6) is 0 Å². The number of aromatic nitrogens is 2. The molecule has 1 unspecified atom stereocenters. The second-order valence-electron chi connectivity index (χ2n) is 8.42. The van der Waals surface area contributed by atoms with Gasteiger partial charge < -0.3 is 10.2 Å². The molecule has 2 heterocycles. The standard InChI is InChI=1S/C26H27FN4O2/c1-17-10-12-19(13-11-17)15-24(32)31-14-6-5-9-23(31)25-28-16-20(18(2)29-25)26(33)30-22-8-4-3-7-21(22)27/h3-4,7-8,10-13,16,23H,5-6,9,14-15H2,1-2H3,(H,30,33). The first-order valence-electron chi connectivity index (χ1n) is 11.2. The monoisotopic (exact) mass is 446 g/mol. The lowest BCUT2D eigenvalue weighted by Crippen LogP contribution is -2.40. The first-order chi connectivity index (χ1) is 15.9. The van der Waals surface area contributed by atoms with Crippen LogP contribution in [0.2, 0.25) is 0 Å². The van der Waals surface area contributed by atoms with Gasteiger partial charge in [-0.05, 0) is 50.8 Å². The number of benzene rings is 2. The minimum atomic E-state index is -0.508. The smallest absolute Gasteiger partial charge is 0.259 e. The van der Waals surface area contributed by atoms with Crippen LogP contribution in [0.3, 0.4) is 0 Å². The van der Waals surface area contributed by atoms with Crippen LogP contribution in [0.4, 0.5) is 10.1 Å². The normalized spacial score (nSPS) is 15.8. The molecule has 1 N–H and O–H groups in total. The van der Waals surface area contributed by atoms with Crippen molar-refractivity contribution >= 4 is 17.5 Å². The number of amides is 2. The topological polar surface area (TPSA) is 75.2 Å². The number of para-hydroxylation sites is 1. The van der Waals surface area contributed by atoms with Crippen molar-refractivity contribution in [3.63, 3.8) is 0 Å². The van der Waals surface area contributed by atoms with Gasteiger partial charge in [0.2, 0.25) is 5.91 Å². The fraction of sp³-hybridized carbons (Fsp3) is 0.308. The summed E-state index contributed by atoms with van der Waals surface area (Å²) in [6, 6.07) is 13.7. The third kappa shape index (κ3) is 5.25. The second-order valence-corrected chi connectivity index (χ2v) is 8.42. The molecule has 2 amide bonds. The van der Waals surface area contributed by atoms with E-state index >= 15 is 0 Å². The predicted octanol–water partition coefficient (Wildman–Crippen LogP) is 4.78. The van der Waals surface area contributed by atoms with Gasteiger partial charge in [0.05, 0.1) is 29.4 Å². The fourth-order valence-electron chi connectivity index (χ4n) is 4.10. The fourth-order valence-corrected chi connectivity index (χ4v) is 4.10. The maximum Gasteiger partial charge on any atom is 0.259 e. The molecule has 1 aromatic heterocycles. The largest absolute Gasteiger partial charge is 0.332 e. The Hall–Kier alpha value is -3.61. The highest BCUT2D eigenvalue weighted by molar-refractivity contribution is 6.04. The summed E-state index contributed by atoms with van der Waals surface area (Å²) in [7, 11) is 0. The number of likely N-dealkylation sites (tertiary alicyclic amines) is 1. The number of rotatable bonds is 5. The number of aryl methyl sites for hydroxylation is 2. The summed E-state index contributed by atoms with van der Waals surface area (Å²) in [5, 5.41) is 2.57. The van der Waals surface area contributed by atoms with Gasteiger partial charge in [-0.1, -0.05) is 42.0 Å². The number of carbonyl (C=O) groups excluding carboxylic acids is 2. The van der Waals surface area contributed by atoms with Crippen molar-refractivity contribution in [3.8, 4) is 0 Å².